The number of benzene rings is 2. The van der Waals surface area contributed by atoms with Crippen LogP contribution in [-0.2, 0) is 22.6 Å². The maximum atomic E-state index is 13.6. The van der Waals surface area contributed by atoms with Crippen LogP contribution in [0.25, 0.3) is 0 Å². The Morgan fingerprint density at radius 3 is 2.56 bits per heavy atom. The summed E-state index contributed by atoms with van der Waals surface area (Å²) in [5, 5.41) is 0. The van der Waals surface area contributed by atoms with Gasteiger partial charge in [0.15, 0.2) is 11.5 Å². The zero-order chi connectivity index (χ0) is 25.3. The molecule has 0 unspecified atom stereocenters. The Balaban J connectivity index is 1.51. The first-order valence-electron chi connectivity index (χ1n) is 11.8. The minimum Gasteiger partial charge on any atom is -0.467 e. The van der Waals surface area contributed by atoms with E-state index in [1.54, 1.807) is 34.3 Å². The number of rotatable bonds is 12. The fraction of sp³-hybridized carbons (Fsp3) is 0.333. The summed E-state index contributed by atoms with van der Waals surface area (Å²) in [4.78, 5) is 30.2. The van der Waals surface area contributed by atoms with Crippen LogP contribution >= 0.6 is 15.9 Å². The third kappa shape index (κ3) is 6.89. The second-order valence-corrected chi connectivity index (χ2v) is 9.22. The fourth-order valence-corrected chi connectivity index (χ4v) is 4.14. The van der Waals surface area contributed by atoms with Crippen LogP contribution in [0.5, 0.6) is 11.5 Å². The summed E-state index contributed by atoms with van der Waals surface area (Å²) in [6.45, 7) is 4.17. The number of carbonyl (C=O) groups is 2. The molecule has 9 heteroatoms. The summed E-state index contributed by atoms with van der Waals surface area (Å²) in [5.41, 5.74) is 1.41. The lowest BCUT2D eigenvalue weighted by molar-refractivity contribution is -0.133. The van der Waals surface area contributed by atoms with Crippen molar-refractivity contribution in [1.29, 1.82) is 0 Å². The van der Waals surface area contributed by atoms with Gasteiger partial charge in [-0.15, -0.1) is 0 Å². The molecule has 0 spiro atoms. The van der Waals surface area contributed by atoms with Gasteiger partial charge in [-0.2, -0.15) is 0 Å². The van der Waals surface area contributed by atoms with Crippen LogP contribution in [0.2, 0.25) is 0 Å². The van der Waals surface area contributed by atoms with Crippen LogP contribution in [0.1, 0.15) is 35.0 Å². The van der Waals surface area contributed by atoms with Crippen molar-refractivity contribution < 1.29 is 28.2 Å². The van der Waals surface area contributed by atoms with Crippen molar-refractivity contribution >= 4 is 27.7 Å². The molecule has 0 fully saturated rings. The third-order valence-electron chi connectivity index (χ3n) is 5.72. The molecule has 0 saturated heterocycles. The van der Waals surface area contributed by atoms with Gasteiger partial charge in [0, 0.05) is 36.3 Å². The Labute approximate surface area is 218 Å². The molecule has 3 aromatic rings. The van der Waals surface area contributed by atoms with Crippen LogP contribution in [0.15, 0.2) is 69.8 Å². The molecule has 2 heterocycles. The van der Waals surface area contributed by atoms with Crippen molar-refractivity contribution in [2.75, 3.05) is 33.1 Å². The molecule has 0 atom stereocenters. The number of ether oxygens (including phenoxy) is 3. The zero-order valence-corrected chi connectivity index (χ0v) is 21.7. The number of furan rings is 1. The third-order valence-corrected chi connectivity index (χ3v) is 6.24. The van der Waals surface area contributed by atoms with E-state index in [1.165, 1.54) is 0 Å². The highest BCUT2D eigenvalue weighted by molar-refractivity contribution is 9.10. The van der Waals surface area contributed by atoms with E-state index in [1.807, 2.05) is 43.3 Å². The molecule has 1 aliphatic heterocycles. The van der Waals surface area contributed by atoms with Crippen molar-refractivity contribution in [2.24, 2.45) is 0 Å². The van der Waals surface area contributed by atoms with E-state index in [0.29, 0.717) is 55.5 Å². The van der Waals surface area contributed by atoms with Gasteiger partial charge in [-0.1, -0.05) is 22.0 Å². The van der Waals surface area contributed by atoms with Crippen LogP contribution < -0.4 is 9.47 Å². The number of nitrogens with zero attached hydrogens (tertiary/aromatic N) is 2. The van der Waals surface area contributed by atoms with Crippen LogP contribution in [-0.4, -0.2) is 54.7 Å². The van der Waals surface area contributed by atoms with E-state index in [9.17, 15) is 9.59 Å². The quantitative estimate of drug-likeness (QED) is 0.296. The van der Waals surface area contributed by atoms with Crippen molar-refractivity contribution in [3.05, 3.63) is 82.2 Å². The summed E-state index contributed by atoms with van der Waals surface area (Å²) < 4.78 is 22.7. The van der Waals surface area contributed by atoms with Crippen LogP contribution in [0, 0.1) is 0 Å². The lowest BCUT2D eigenvalue weighted by atomic mass is 10.1. The maximum absolute atomic E-state index is 13.6. The molecule has 8 nitrogen and oxygen atoms in total. The molecule has 2 amide bonds. The second kappa shape index (κ2) is 12.6. The molecule has 1 aliphatic rings. The number of hydrogen-bond donors (Lipinski definition) is 0. The molecule has 0 bridgehead atoms. The zero-order valence-electron chi connectivity index (χ0n) is 20.2. The Hall–Kier alpha value is -3.30. The van der Waals surface area contributed by atoms with Crippen LogP contribution in [0.4, 0.5) is 0 Å². The molecule has 0 N–H and O–H groups in total. The number of carbonyl (C=O) groups excluding carboxylic acids is 2. The normalized spacial score (nSPS) is 11.9. The van der Waals surface area contributed by atoms with E-state index in [2.05, 4.69) is 15.9 Å². The van der Waals surface area contributed by atoms with Gasteiger partial charge in [-0.3, -0.25) is 9.59 Å². The van der Waals surface area contributed by atoms with E-state index >= 15 is 0 Å². The van der Waals surface area contributed by atoms with Gasteiger partial charge in [0.2, 0.25) is 12.7 Å². The molecular weight excluding hydrogens is 528 g/mol. The predicted molar refractivity (Wildman–Crippen MR) is 137 cm³/mol. The smallest absolute Gasteiger partial charge is 0.254 e. The van der Waals surface area contributed by atoms with Gasteiger partial charge >= 0.3 is 0 Å². The molecule has 2 aromatic carbocycles. The first-order chi connectivity index (χ1) is 17.5. The molecule has 0 saturated carbocycles. The first-order valence-corrected chi connectivity index (χ1v) is 12.6. The molecule has 36 heavy (non-hydrogen) atoms. The standard InChI is InChI=1S/C27H29BrN2O6/c1-2-33-13-4-12-29(27(32)21-7-9-22(28)10-8-21)18-26(31)30(17-23-5-3-14-34-23)16-20-6-11-24-25(15-20)36-19-35-24/h3,5-11,14-15H,2,4,12-13,16-19H2,1H3. The predicted octanol–water partition coefficient (Wildman–Crippen LogP) is 4.87. The Bertz CT molecular complexity index is 1150. The van der Waals surface area contributed by atoms with Gasteiger partial charge in [0.05, 0.1) is 12.8 Å². The minimum absolute atomic E-state index is 0.0632. The summed E-state index contributed by atoms with van der Waals surface area (Å²) in [5.74, 6) is 1.61. The highest BCUT2D eigenvalue weighted by atomic mass is 79.9. The molecule has 190 valence electrons. The van der Waals surface area contributed by atoms with E-state index in [0.717, 1.165) is 10.0 Å². The maximum Gasteiger partial charge on any atom is 0.254 e. The lowest BCUT2D eigenvalue weighted by Gasteiger charge is -2.27. The highest BCUT2D eigenvalue weighted by Crippen LogP contribution is 2.33. The topological polar surface area (TPSA) is 81.5 Å². The van der Waals surface area contributed by atoms with E-state index in [4.69, 9.17) is 18.6 Å². The number of halogens is 1. The van der Waals surface area contributed by atoms with Gasteiger partial charge in [0.25, 0.3) is 5.91 Å². The van der Waals surface area contributed by atoms with Crippen molar-refractivity contribution in [3.8, 4) is 11.5 Å². The van der Waals surface area contributed by atoms with Gasteiger partial charge in [0.1, 0.15) is 12.3 Å². The number of amides is 2. The fourth-order valence-electron chi connectivity index (χ4n) is 3.88. The lowest BCUT2D eigenvalue weighted by Crippen LogP contribution is -2.43. The average molecular weight is 557 g/mol. The number of hydrogen-bond acceptors (Lipinski definition) is 6. The highest BCUT2D eigenvalue weighted by Gasteiger charge is 2.24. The van der Waals surface area contributed by atoms with Crippen molar-refractivity contribution in [1.82, 2.24) is 9.80 Å². The Kier molecular flexibility index (Phi) is 9.02. The largest absolute Gasteiger partial charge is 0.467 e. The summed E-state index contributed by atoms with van der Waals surface area (Å²) in [7, 11) is 0. The summed E-state index contributed by atoms with van der Waals surface area (Å²) in [6, 6.07) is 16.4. The molecule has 1 aromatic heterocycles. The molecular formula is C27H29BrN2O6. The van der Waals surface area contributed by atoms with E-state index in [-0.39, 0.29) is 31.7 Å². The van der Waals surface area contributed by atoms with Crippen LogP contribution in [0.3, 0.4) is 0 Å². The van der Waals surface area contributed by atoms with Gasteiger partial charge < -0.3 is 28.4 Å². The second-order valence-electron chi connectivity index (χ2n) is 8.30. The Morgan fingerprint density at radius 1 is 1.00 bits per heavy atom. The Morgan fingerprint density at radius 2 is 1.81 bits per heavy atom. The van der Waals surface area contributed by atoms with E-state index < -0.39 is 0 Å². The number of fused-ring (bicyclic) bond motifs is 1. The molecule has 0 aliphatic carbocycles. The average Bonchev–Trinajstić information content (AvgIpc) is 3.57. The summed E-state index contributed by atoms with van der Waals surface area (Å²) in [6.07, 6.45) is 2.21. The first kappa shape index (κ1) is 25.8. The van der Waals surface area contributed by atoms with Crippen molar-refractivity contribution in [3.63, 3.8) is 0 Å². The monoisotopic (exact) mass is 556 g/mol. The van der Waals surface area contributed by atoms with Crippen molar-refractivity contribution in [2.45, 2.75) is 26.4 Å². The molecule has 4 rings (SSSR count). The van der Waals surface area contributed by atoms with Gasteiger partial charge in [-0.05, 0) is 67.4 Å². The van der Waals surface area contributed by atoms with Gasteiger partial charge in [-0.25, -0.2) is 0 Å². The minimum atomic E-state index is -0.201. The molecule has 0 radical (unpaired) electrons. The SMILES string of the molecule is CCOCCCN(CC(=O)N(Cc1ccc2c(c1)OCO2)Cc1ccco1)C(=O)c1ccc(Br)cc1. The summed E-state index contributed by atoms with van der Waals surface area (Å²) >= 11 is 3.40.